The molecule has 0 radical (unpaired) electrons. The van der Waals surface area contributed by atoms with E-state index < -0.39 is 0 Å². The maximum Gasteiger partial charge on any atom is 0.242 e. The lowest BCUT2D eigenvalue weighted by atomic mass is 9.94. The van der Waals surface area contributed by atoms with Crippen LogP contribution in [-0.4, -0.2) is 73.2 Å². The molecule has 0 aliphatic carbocycles. The van der Waals surface area contributed by atoms with E-state index in [1.165, 1.54) is 32.2 Å². The molecule has 132 valence electrons. The van der Waals surface area contributed by atoms with Gasteiger partial charge in [-0.25, -0.2) is 0 Å². The summed E-state index contributed by atoms with van der Waals surface area (Å²) in [6, 6.07) is 0.555. The zero-order valence-corrected chi connectivity index (χ0v) is 14.8. The van der Waals surface area contributed by atoms with Crippen LogP contribution in [0.5, 0.6) is 0 Å². The Kier molecular flexibility index (Phi) is 5.94. The van der Waals surface area contributed by atoms with Gasteiger partial charge in [0.15, 0.2) is 0 Å². The zero-order valence-electron chi connectivity index (χ0n) is 14.8. The number of rotatable bonds is 3. The summed E-state index contributed by atoms with van der Waals surface area (Å²) in [6.45, 7) is 10.1. The van der Waals surface area contributed by atoms with E-state index in [4.69, 9.17) is 4.74 Å². The second-order valence-electron chi connectivity index (χ2n) is 7.64. The van der Waals surface area contributed by atoms with Crippen molar-refractivity contribution in [1.29, 1.82) is 0 Å². The number of piperidine rings is 2. The van der Waals surface area contributed by atoms with Crippen molar-refractivity contribution >= 4 is 5.91 Å². The summed E-state index contributed by atoms with van der Waals surface area (Å²) in [7, 11) is 0. The predicted molar refractivity (Wildman–Crippen MR) is 91.4 cm³/mol. The van der Waals surface area contributed by atoms with Crippen molar-refractivity contribution < 1.29 is 9.53 Å². The van der Waals surface area contributed by atoms with Crippen molar-refractivity contribution in [3.8, 4) is 0 Å². The maximum absolute atomic E-state index is 12.8. The second-order valence-corrected chi connectivity index (χ2v) is 7.64. The number of carbonyl (C=O) groups is 1. The molecule has 3 fully saturated rings. The number of hydrogen-bond acceptors (Lipinski definition) is 4. The van der Waals surface area contributed by atoms with Crippen LogP contribution in [0.1, 0.15) is 46.0 Å². The number of ether oxygens (including phenoxy) is 1. The molecule has 23 heavy (non-hydrogen) atoms. The van der Waals surface area contributed by atoms with E-state index in [9.17, 15) is 4.79 Å². The summed E-state index contributed by atoms with van der Waals surface area (Å²) < 4.78 is 5.65. The molecule has 0 spiro atoms. The number of amides is 1. The van der Waals surface area contributed by atoms with Gasteiger partial charge in [-0.05, 0) is 52.0 Å². The molecular weight excluding hydrogens is 290 g/mol. The Morgan fingerprint density at radius 1 is 1.17 bits per heavy atom. The van der Waals surface area contributed by atoms with E-state index in [1.54, 1.807) is 0 Å². The van der Waals surface area contributed by atoms with Crippen molar-refractivity contribution in [2.24, 2.45) is 5.92 Å². The van der Waals surface area contributed by atoms with Gasteiger partial charge in [0.1, 0.15) is 6.04 Å². The van der Waals surface area contributed by atoms with Crippen molar-refractivity contribution in [2.45, 2.75) is 64.1 Å². The van der Waals surface area contributed by atoms with Crippen LogP contribution in [0.15, 0.2) is 0 Å². The van der Waals surface area contributed by atoms with Crippen LogP contribution in [0.3, 0.4) is 0 Å². The van der Waals surface area contributed by atoms with E-state index in [-0.39, 0.29) is 18.1 Å². The van der Waals surface area contributed by atoms with E-state index in [0.29, 0.717) is 18.6 Å². The molecule has 3 rings (SSSR count). The molecule has 2 unspecified atom stereocenters. The van der Waals surface area contributed by atoms with Crippen LogP contribution in [0, 0.1) is 5.92 Å². The first kappa shape index (κ1) is 17.2. The molecule has 3 aliphatic heterocycles. The fraction of sp³-hybridized carbons (Fsp3) is 0.944. The van der Waals surface area contributed by atoms with E-state index in [0.717, 1.165) is 32.6 Å². The van der Waals surface area contributed by atoms with Crippen molar-refractivity contribution in [2.75, 3.05) is 39.3 Å². The lowest BCUT2D eigenvalue weighted by Gasteiger charge is -2.41. The number of nitrogens with one attached hydrogen (secondary N) is 1. The number of likely N-dealkylation sites (tertiary alicyclic amines) is 2. The average Bonchev–Trinajstić information content (AvgIpc) is 2.57. The Labute approximate surface area is 140 Å². The smallest absolute Gasteiger partial charge is 0.242 e. The van der Waals surface area contributed by atoms with Crippen LogP contribution in [0.4, 0.5) is 0 Å². The molecule has 5 heteroatoms. The van der Waals surface area contributed by atoms with Gasteiger partial charge in [-0.15, -0.1) is 0 Å². The van der Waals surface area contributed by atoms with E-state index >= 15 is 0 Å². The summed E-state index contributed by atoms with van der Waals surface area (Å²) in [5, 5.41) is 3.34. The summed E-state index contributed by atoms with van der Waals surface area (Å²) >= 11 is 0. The molecular formula is C18H33N3O2. The molecule has 5 nitrogen and oxygen atoms in total. The molecule has 0 aromatic heterocycles. The Hall–Kier alpha value is -0.650. The molecule has 3 saturated heterocycles. The number of nitrogens with zero attached hydrogens (tertiary/aromatic N) is 2. The first-order chi connectivity index (χ1) is 11.1. The summed E-state index contributed by atoms with van der Waals surface area (Å²) in [6.07, 6.45) is 6.42. The Morgan fingerprint density at radius 2 is 2.04 bits per heavy atom. The largest absolute Gasteiger partial charge is 0.375 e. The monoisotopic (exact) mass is 323 g/mol. The normalized spacial score (nSPS) is 36.9. The number of hydrogen-bond donors (Lipinski definition) is 1. The van der Waals surface area contributed by atoms with Crippen LogP contribution in [0.2, 0.25) is 0 Å². The zero-order chi connectivity index (χ0) is 16.2. The third-order valence-corrected chi connectivity index (χ3v) is 5.85. The van der Waals surface area contributed by atoms with Crippen molar-refractivity contribution in [3.05, 3.63) is 0 Å². The molecule has 0 saturated carbocycles. The Balaban J connectivity index is 1.54. The fourth-order valence-electron chi connectivity index (χ4n) is 4.38. The van der Waals surface area contributed by atoms with Crippen LogP contribution < -0.4 is 5.32 Å². The molecule has 0 aromatic rings. The van der Waals surface area contributed by atoms with Crippen molar-refractivity contribution in [1.82, 2.24) is 15.1 Å². The van der Waals surface area contributed by atoms with Gasteiger partial charge in [0, 0.05) is 32.2 Å². The fourth-order valence-corrected chi connectivity index (χ4v) is 4.38. The van der Waals surface area contributed by atoms with Crippen LogP contribution in [0.25, 0.3) is 0 Å². The minimum absolute atomic E-state index is 0.0151. The predicted octanol–water partition coefficient (Wildman–Crippen LogP) is 1.48. The molecule has 4 atom stereocenters. The highest BCUT2D eigenvalue weighted by Gasteiger charge is 2.34. The minimum Gasteiger partial charge on any atom is -0.375 e. The van der Waals surface area contributed by atoms with Gasteiger partial charge in [0.25, 0.3) is 0 Å². The first-order valence-electron chi connectivity index (χ1n) is 9.53. The van der Waals surface area contributed by atoms with Gasteiger partial charge in [0.05, 0.1) is 12.7 Å². The van der Waals surface area contributed by atoms with Gasteiger partial charge in [0.2, 0.25) is 5.91 Å². The van der Waals surface area contributed by atoms with Gasteiger partial charge in [-0.2, -0.15) is 0 Å². The van der Waals surface area contributed by atoms with Gasteiger partial charge >= 0.3 is 0 Å². The van der Waals surface area contributed by atoms with Gasteiger partial charge < -0.3 is 19.9 Å². The van der Waals surface area contributed by atoms with Crippen LogP contribution in [-0.2, 0) is 9.53 Å². The molecule has 3 aliphatic rings. The van der Waals surface area contributed by atoms with Gasteiger partial charge in [-0.3, -0.25) is 4.79 Å². The Morgan fingerprint density at radius 3 is 2.83 bits per heavy atom. The molecule has 1 N–H and O–H groups in total. The van der Waals surface area contributed by atoms with Gasteiger partial charge in [-0.1, -0.05) is 6.42 Å². The lowest BCUT2D eigenvalue weighted by Crippen LogP contribution is -2.58. The highest BCUT2D eigenvalue weighted by Crippen LogP contribution is 2.23. The highest BCUT2D eigenvalue weighted by atomic mass is 16.5. The molecule has 0 aromatic carbocycles. The summed E-state index contributed by atoms with van der Waals surface area (Å²) in [5.41, 5.74) is 0. The maximum atomic E-state index is 12.8. The number of morpholine rings is 1. The third kappa shape index (κ3) is 4.25. The topological polar surface area (TPSA) is 44.8 Å². The average molecular weight is 323 g/mol. The highest BCUT2D eigenvalue weighted by molar-refractivity contribution is 5.82. The van der Waals surface area contributed by atoms with E-state index in [1.807, 2.05) is 6.92 Å². The van der Waals surface area contributed by atoms with Crippen molar-refractivity contribution in [3.63, 3.8) is 0 Å². The van der Waals surface area contributed by atoms with Crippen LogP contribution >= 0.6 is 0 Å². The lowest BCUT2D eigenvalue weighted by molar-refractivity contribution is -0.141. The SMILES string of the molecule is CC1CCCCN1CC1CCCN(C(=O)[C@H]2NCCO[C@@H]2C)C1. The molecule has 1 amide bonds. The second kappa shape index (κ2) is 7.95. The number of carbonyl (C=O) groups excluding carboxylic acids is 1. The third-order valence-electron chi connectivity index (χ3n) is 5.85. The molecule has 3 heterocycles. The first-order valence-corrected chi connectivity index (χ1v) is 9.53. The summed E-state index contributed by atoms with van der Waals surface area (Å²) in [5.74, 6) is 0.877. The minimum atomic E-state index is -0.156. The standard InChI is InChI=1S/C18H33N3O2/c1-14-6-3-4-9-20(14)12-16-7-5-10-21(13-16)18(22)17-15(2)23-11-8-19-17/h14-17,19H,3-13H2,1-2H3/t14?,15-,16?,17+/m1/s1. The molecule has 0 bridgehead atoms. The quantitative estimate of drug-likeness (QED) is 0.854. The Bertz CT molecular complexity index is 404. The van der Waals surface area contributed by atoms with E-state index in [2.05, 4.69) is 22.0 Å². The summed E-state index contributed by atoms with van der Waals surface area (Å²) in [4.78, 5) is 17.6.